The maximum Gasteiger partial charge on any atom is 0.324 e. The Morgan fingerprint density at radius 1 is 1.25 bits per heavy atom. The Balaban J connectivity index is 1.47. The number of thiazole rings is 1. The monoisotopic (exact) mass is 346 g/mol. The van der Waals surface area contributed by atoms with Crippen LogP contribution in [0.5, 0.6) is 0 Å². The van der Waals surface area contributed by atoms with Crippen molar-refractivity contribution in [3.8, 4) is 0 Å². The molecule has 1 unspecified atom stereocenters. The van der Waals surface area contributed by atoms with E-state index in [2.05, 4.69) is 28.8 Å². The van der Waals surface area contributed by atoms with Crippen molar-refractivity contribution in [2.45, 2.75) is 26.3 Å². The van der Waals surface area contributed by atoms with Crippen molar-refractivity contribution in [1.29, 1.82) is 0 Å². The Morgan fingerprint density at radius 3 is 2.75 bits per heavy atom. The van der Waals surface area contributed by atoms with Gasteiger partial charge in [0.2, 0.25) is 0 Å². The first-order valence-corrected chi connectivity index (χ1v) is 9.10. The van der Waals surface area contributed by atoms with Crippen LogP contribution in [0.1, 0.15) is 23.0 Å². The number of aromatic nitrogens is 3. The molecule has 0 bridgehead atoms. The Bertz CT molecular complexity index is 749. The highest BCUT2D eigenvalue weighted by atomic mass is 32.1. The lowest BCUT2D eigenvalue weighted by Gasteiger charge is -2.15. The normalized spacial score (nSPS) is 21.4. The van der Waals surface area contributed by atoms with Crippen molar-refractivity contribution in [2.24, 2.45) is 0 Å². The van der Waals surface area contributed by atoms with Crippen LogP contribution < -0.4 is 9.80 Å². The predicted molar refractivity (Wildman–Crippen MR) is 95.1 cm³/mol. The summed E-state index contributed by atoms with van der Waals surface area (Å²) in [5.41, 5.74) is 2.01. The van der Waals surface area contributed by atoms with Gasteiger partial charge < -0.3 is 9.80 Å². The van der Waals surface area contributed by atoms with Crippen LogP contribution >= 0.6 is 11.3 Å². The number of urea groups is 1. The largest absolute Gasteiger partial charge is 0.346 e. The van der Waals surface area contributed by atoms with Crippen LogP contribution in [-0.4, -0.2) is 58.9 Å². The summed E-state index contributed by atoms with van der Waals surface area (Å²) in [7, 11) is 1.83. The molecule has 0 radical (unpaired) electrons. The molecular formula is C16H22N6OS. The third-order valence-corrected chi connectivity index (χ3v) is 6.07. The fourth-order valence-electron chi connectivity index (χ4n) is 3.28. The van der Waals surface area contributed by atoms with Gasteiger partial charge in [-0.15, -0.1) is 11.3 Å². The van der Waals surface area contributed by atoms with Gasteiger partial charge in [-0.25, -0.2) is 9.78 Å². The summed E-state index contributed by atoms with van der Waals surface area (Å²) in [5.74, 6) is 0. The third kappa shape index (κ3) is 2.54. The molecule has 2 amide bonds. The number of likely N-dealkylation sites (N-methyl/N-ethyl adjacent to an activating group) is 1. The molecule has 2 aliphatic heterocycles. The Morgan fingerprint density at radius 2 is 2.08 bits per heavy atom. The van der Waals surface area contributed by atoms with Crippen molar-refractivity contribution in [1.82, 2.24) is 19.7 Å². The molecule has 2 saturated heterocycles. The van der Waals surface area contributed by atoms with Crippen LogP contribution in [0.4, 0.5) is 15.6 Å². The minimum absolute atomic E-state index is 0.0522. The molecule has 2 fully saturated rings. The number of anilines is 2. The second kappa shape index (κ2) is 5.77. The minimum Gasteiger partial charge on any atom is -0.346 e. The van der Waals surface area contributed by atoms with Crippen molar-refractivity contribution in [3.63, 3.8) is 0 Å². The lowest BCUT2D eigenvalue weighted by molar-refractivity contribution is 0.229. The van der Waals surface area contributed by atoms with E-state index < -0.39 is 0 Å². The van der Waals surface area contributed by atoms with E-state index in [0.29, 0.717) is 6.04 Å². The van der Waals surface area contributed by atoms with Gasteiger partial charge in [0.15, 0.2) is 5.13 Å². The molecule has 2 aromatic rings. The Kier molecular flexibility index (Phi) is 3.71. The molecule has 7 nitrogen and oxygen atoms in total. The molecule has 8 heteroatoms. The lowest BCUT2D eigenvalue weighted by atomic mass is 10.3. The number of hydrogen-bond acceptors (Lipinski definition) is 5. The molecule has 0 saturated carbocycles. The molecule has 4 rings (SSSR count). The zero-order valence-electron chi connectivity index (χ0n) is 14.3. The summed E-state index contributed by atoms with van der Waals surface area (Å²) in [4.78, 5) is 23.9. The van der Waals surface area contributed by atoms with E-state index in [9.17, 15) is 4.79 Å². The van der Waals surface area contributed by atoms with Crippen LogP contribution in [0.3, 0.4) is 0 Å². The van der Waals surface area contributed by atoms with Gasteiger partial charge in [0.25, 0.3) is 0 Å². The molecule has 0 N–H and O–H groups in total. The lowest BCUT2D eigenvalue weighted by Crippen LogP contribution is -2.28. The van der Waals surface area contributed by atoms with Gasteiger partial charge in [0.1, 0.15) is 0 Å². The van der Waals surface area contributed by atoms with E-state index in [1.807, 2.05) is 17.9 Å². The highest BCUT2D eigenvalue weighted by molar-refractivity contribution is 7.15. The summed E-state index contributed by atoms with van der Waals surface area (Å²) < 4.78 is 2.01. The van der Waals surface area contributed by atoms with Crippen molar-refractivity contribution in [2.75, 3.05) is 43.0 Å². The molecular weight excluding hydrogens is 324 g/mol. The van der Waals surface area contributed by atoms with Crippen LogP contribution in [0.15, 0.2) is 12.4 Å². The van der Waals surface area contributed by atoms with Crippen LogP contribution in [-0.2, 0) is 0 Å². The maximum atomic E-state index is 12.1. The Hall–Kier alpha value is -2.09. The topological polar surface area (TPSA) is 57.5 Å². The molecule has 4 heterocycles. The van der Waals surface area contributed by atoms with Gasteiger partial charge in [0, 0.05) is 44.3 Å². The van der Waals surface area contributed by atoms with Gasteiger partial charge in [-0.3, -0.25) is 9.58 Å². The van der Waals surface area contributed by atoms with Gasteiger partial charge in [-0.05, 0) is 20.3 Å². The number of nitrogens with zero attached hydrogens (tertiary/aromatic N) is 6. The predicted octanol–water partition coefficient (Wildman–Crippen LogP) is 2.28. The van der Waals surface area contributed by atoms with Crippen molar-refractivity contribution in [3.05, 3.63) is 23.0 Å². The van der Waals surface area contributed by atoms with Crippen molar-refractivity contribution < 1.29 is 4.79 Å². The third-order valence-electron chi connectivity index (χ3n) is 4.94. The number of hydrogen-bond donors (Lipinski definition) is 0. The molecule has 0 spiro atoms. The fraction of sp³-hybridized carbons (Fsp3) is 0.562. The van der Waals surface area contributed by atoms with Crippen LogP contribution in [0.2, 0.25) is 0 Å². The first kappa shape index (κ1) is 15.4. The zero-order valence-corrected chi connectivity index (χ0v) is 15.1. The number of carbonyl (C=O) groups is 1. The van der Waals surface area contributed by atoms with E-state index in [4.69, 9.17) is 0 Å². The SMILES string of the molecule is Cc1nc(N2CCC(n3cc(N4CCN(C)C4=O)cn3)C2)sc1C. The van der Waals surface area contributed by atoms with Crippen LogP contribution in [0, 0.1) is 13.8 Å². The highest BCUT2D eigenvalue weighted by Crippen LogP contribution is 2.32. The van der Waals surface area contributed by atoms with E-state index >= 15 is 0 Å². The zero-order chi connectivity index (χ0) is 16.8. The average Bonchev–Trinajstić information content (AvgIpc) is 3.30. The molecule has 24 heavy (non-hydrogen) atoms. The van der Waals surface area contributed by atoms with Gasteiger partial charge in [-0.2, -0.15) is 5.10 Å². The van der Waals surface area contributed by atoms with Gasteiger partial charge >= 0.3 is 6.03 Å². The maximum absolute atomic E-state index is 12.1. The second-order valence-corrected chi connectivity index (χ2v) is 7.74. The Labute approximate surface area is 145 Å². The van der Waals surface area contributed by atoms with Gasteiger partial charge in [0.05, 0.1) is 23.6 Å². The summed E-state index contributed by atoms with van der Waals surface area (Å²) in [6.45, 7) is 7.60. The van der Waals surface area contributed by atoms with E-state index in [-0.39, 0.29) is 6.03 Å². The first-order chi connectivity index (χ1) is 11.5. The summed E-state index contributed by atoms with van der Waals surface area (Å²) >= 11 is 1.76. The summed E-state index contributed by atoms with van der Waals surface area (Å²) in [6.07, 6.45) is 4.85. The standard InChI is InChI=1S/C16H22N6OS/c1-11-12(2)24-15(18-11)20-5-4-13(9-20)22-10-14(8-17-22)21-7-6-19(3)16(21)23/h8,10,13H,4-7,9H2,1-3H3. The quantitative estimate of drug-likeness (QED) is 0.855. The molecule has 2 aliphatic rings. The molecule has 0 aliphatic carbocycles. The highest BCUT2D eigenvalue weighted by Gasteiger charge is 2.30. The molecule has 1 atom stereocenters. The van der Waals surface area contributed by atoms with Crippen molar-refractivity contribution >= 4 is 28.2 Å². The number of amides is 2. The summed E-state index contributed by atoms with van der Waals surface area (Å²) in [5, 5.41) is 5.62. The molecule has 2 aromatic heterocycles. The molecule has 128 valence electrons. The fourth-order valence-corrected chi connectivity index (χ4v) is 4.22. The van der Waals surface area contributed by atoms with Crippen LogP contribution in [0.25, 0.3) is 0 Å². The average molecular weight is 346 g/mol. The smallest absolute Gasteiger partial charge is 0.324 e. The minimum atomic E-state index is 0.0522. The first-order valence-electron chi connectivity index (χ1n) is 8.28. The van der Waals surface area contributed by atoms with E-state index in [0.717, 1.165) is 49.1 Å². The number of carbonyl (C=O) groups excluding carboxylic acids is 1. The van der Waals surface area contributed by atoms with Gasteiger partial charge in [-0.1, -0.05) is 0 Å². The van der Waals surface area contributed by atoms with E-state index in [1.165, 1.54) is 4.88 Å². The molecule has 0 aromatic carbocycles. The number of aryl methyl sites for hydroxylation is 2. The number of rotatable bonds is 3. The second-order valence-electron chi connectivity index (χ2n) is 6.56. The summed E-state index contributed by atoms with van der Waals surface area (Å²) in [6, 6.07) is 0.384. The van der Waals surface area contributed by atoms with E-state index in [1.54, 1.807) is 27.3 Å².